The molecule has 7 heteroatoms. The topological polar surface area (TPSA) is 83.5 Å². The molecular formula is C26H28FNO4S. The number of aliphatic carboxylic acids is 1. The quantitative estimate of drug-likeness (QED) is 0.411. The smallest absolute Gasteiger partial charge is 0.307 e. The molecule has 0 saturated heterocycles. The Kier molecular flexibility index (Phi) is 8.36. The van der Waals surface area contributed by atoms with Crippen LogP contribution in [-0.2, 0) is 34.1 Å². The van der Waals surface area contributed by atoms with E-state index in [-0.39, 0.29) is 11.3 Å². The van der Waals surface area contributed by atoms with Gasteiger partial charge in [0.05, 0.1) is 17.4 Å². The van der Waals surface area contributed by atoms with Crippen LogP contribution in [0.15, 0.2) is 77.7 Å². The van der Waals surface area contributed by atoms with E-state index in [2.05, 4.69) is 11.6 Å². The summed E-state index contributed by atoms with van der Waals surface area (Å²) >= 11 is 0. The predicted molar refractivity (Wildman–Crippen MR) is 126 cm³/mol. The van der Waals surface area contributed by atoms with E-state index in [1.165, 1.54) is 23.8 Å². The first-order valence-corrected chi connectivity index (χ1v) is 12.4. The van der Waals surface area contributed by atoms with Crippen molar-refractivity contribution >= 4 is 16.0 Å². The van der Waals surface area contributed by atoms with E-state index < -0.39 is 27.9 Å². The van der Waals surface area contributed by atoms with E-state index >= 15 is 0 Å². The Morgan fingerprint density at radius 3 is 2.36 bits per heavy atom. The van der Waals surface area contributed by atoms with Crippen molar-refractivity contribution in [3.63, 3.8) is 0 Å². The van der Waals surface area contributed by atoms with E-state index in [1.54, 1.807) is 24.3 Å². The number of aryl methyl sites for hydroxylation is 1. The summed E-state index contributed by atoms with van der Waals surface area (Å²) in [5.41, 5.74) is 3.22. The third kappa shape index (κ3) is 6.97. The maximum absolute atomic E-state index is 13.7. The fraction of sp³-hybridized carbons (Fsp3) is 0.269. The highest BCUT2D eigenvalue weighted by Gasteiger charge is 2.24. The first kappa shape index (κ1) is 24.6. The molecule has 0 saturated carbocycles. The molecule has 0 aliphatic rings. The van der Waals surface area contributed by atoms with Gasteiger partial charge >= 0.3 is 5.97 Å². The molecule has 0 amide bonds. The van der Waals surface area contributed by atoms with Gasteiger partial charge in [0.25, 0.3) is 0 Å². The molecule has 0 aromatic heterocycles. The molecular weight excluding hydrogens is 441 g/mol. The van der Waals surface area contributed by atoms with Crippen LogP contribution in [0, 0.1) is 5.82 Å². The zero-order valence-electron chi connectivity index (χ0n) is 18.5. The van der Waals surface area contributed by atoms with Gasteiger partial charge in [-0.15, -0.1) is 0 Å². The highest BCUT2D eigenvalue weighted by atomic mass is 32.2. The van der Waals surface area contributed by atoms with Crippen LogP contribution in [0.3, 0.4) is 0 Å². The Bertz CT molecular complexity index is 1190. The van der Waals surface area contributed by atoms with Gasteiger partial charge in [0.1, 0.15) is 5.82 Å². The first-order valence-electron chi connectivity index (χ1n) is 10.9. The molecule has 3 aromatic rings. The van der Waals surface area contributed by atoms with Crippen molar-refractivity contribution in [2.45, 2.75) is 50.0 Å². The van der Waals surface area contributed by atoms with Crippen molar-refractivity contribution in [2.24, 2.45) is 0 Å². The number of hydrogen-bond donors (Lipinski definition) is 2. The maximum Gasteiger partial charge on any atom is 0.307 e. The Labute approximate surface area is 194 Å². The van der Waals surface area contributed by atoms with Crippen LogP contribution in [0.25, 0.3) is 0 Å². The van der Waals surface area contributed by atoms with Crippen molar-refractivity contribution in [1.82, 2.24) is 4.72 Å². The number of nitrogens with one attached hydrogen (secondary N) is 1. The summed E-state index contributed by atoms with van der Waals surface area (Å²) in [6.07, 6.45) is 3.27. The molecule has 5 nitrogen and oxygen atoms in total. The molecule has 0 aliphatic carbocycles. The molecule has 174 valence electrons. The van der Waals surface area contributed by atoms with E-state index in [9.17, 15) is 22.7 Å². The third-order valence-corrected chi connectivity index (χ3v) is 6.93. The average molecular weight is 470 g/mol. The van der Waals surface area contributed by atoms with Crippen molar-refractivity contribution in [2.75, 3.05) is 0 Å². The molecule has 3 aromatic carbocycles. The van der Waals surface area contributed by atoms with Crippen LogP contribution in [0.5, 0.6) is 0 Å². The zero-order valence-corrected chi connectivity index (χ0v) is 19.3. The minimum Gasteiger partial charge on any atom is -0.481 e. The normalized spacial score (nSPS) is 12.4. The van der Waals surface area contributed by atoms with Crippen molar-refractivity contribution < 1.29 is 22.7 Å². The van der Waals surface area contributed by atoms with E-state index in [4.69, 9.17) is 0 Å². The molecule has 0 heterocycles. The van der Waals surface area contributed by atoms with Crippen LogP contribution in [-0.4, -0.2) is 19.5 Å². The lowest BCUT2D eigenvalue weighted by atomic mass is 9.93. The second kappa shape index (κ2) is 11.2. The number of rotatable bonds is 11. The number of carboxylic acid groups (broad SMARTS) is 1. The summed E-state index contributed by atoms with van der Waals surface area (Å²) in [6, 6.07) is 19.0. The van der Waals surface area contributed by atoms with Crippen LogP contribution in [0.1, 0.15) is 48.1 Å². The summed E-state index contributed by atoms with van der Waals surface area (Å²) in [5.74, 6) is -1.65. The van der Waals surface area contributed by atoms with Gasteiger partial charge < -0.3 is 5.11 Å². The zero-order chi connectivity index (χ0) is 23.8. The molecule has 33 heavy (non-hydrogen) atoms. The number of carboxylic acids is 1. The number of sulfonamides is 1. The fourth-order valence-corrected chi connectivity index (χ4v) is 5.01. The molecule has 0 radical (unpaired) electrons. The van der Waals surface area contributed by atoms with Gasteiger partial charge in [0.2, 0.25) is 10.0 Å². The third-order valence-electron chi connectivity index (χ3n) is 5.46. The standard InChI is InChI=1S/C26H28FNO4S/c1-2-3-7-19-12-14-20(15-13-19)16-25(24-11-5-4-8-21(24)17-26(29)30)28-33(31,32)23-10-6-9-22(27)18-23/h4-6,8-15,18,25,28H,2-3,7,16-17H2,1H3,(H,29,30). The highest BCUT2D eigenvalue weighted by molar-refractivity contribution is 7.89. The number of halogens is 1. The lowest BCUT2D eigenvalue weighted by Gasteiger charge is -2.22. The van der Waals surface area contributed by atoms with Crippen molar-refractivity contribution in [3.05, 3.63) is 101 Å². The monoisotopic (exact) mass is 469 g/mol. The van der Waals surface area contributed by atoms with Gasteiger partial charge in [-0.05, 0) is 59.7 Å². The molecule has 0 fully saturated rings. The first-order chi connectivity index (χ1) is 15.8. The number of carbonyl (C=O) groups is 1. The number of unbranched alkanes of at least 4 members (excludes halogenated alkanes) is 1. The highest BCUT2D eigenvalue weighted by Crippen LogP contribution is 2.26. The second-order valence-corrected chi connectivity index (χ2v) is 9.74. The summed E-state index contributed by atoms with van der Waals surface area (Å²) < 4.78 is 42.5. The van der Waals surface area contributed by atoms with Crippen molar-refractivity contribution in [3.8, 4) is 0 Å². The Hall–Kier alpha value is -3.03. The number of benzene rings is 3. The summed E-state index contributed by atoms with van der Waals surface area (Å²) in [5, 5.41) is 9.33. The van der Waals surface area contributed by atoms with Crippen LogP contribution in [0.2, 0.25) is 0 Å². The van der Waals surface area contributed by atoms with Crippen molar-refractivity contribution in [1.29, 1.82) is 0 Å². The molecule has 0 bridgehead atoms. The molecule has 3 rings (SSSR count). The van der Waals surface area contributed by atoms with E-state index in [1.807, 2.05) is 24.3 Å². The van der Waals surface area contributed by atoms with Gasteiger partial charge in [0, 0.05) is 0 Å². The predicted octanol–water partition coefficient (Wildman–Crippen LogP) is 5.06. The molecule has 0 spiro atoms. The van der Waals surface area contributed by atoms with E-state index in [0.717, 1.165) is 30.9 Å². The molecule has 2 N–H and O–H groups in total. The molecule has 0 aliphatic heterocycles. The van der Waals surface area contributed by atoms with Gasteiger partial charge in [-0.1, -0.05) is 67.9 Å². The van der Waals surface area contributed by atoms with Crippen LogP contribution in [0.4, 0.5) is 4.39 Å². The van der Waals surface area contributed by atoms with Crippen LogP contribution < -0.4 is 4.72 Å². The Balaban J connectivity index is 1.96. The van der Waals surface area contributed by atoms with Gasteiger partial charge in [-0.25, -0.2) is 17.5 Å². The van der Waals surface area contributed by atoms with Gasteiger partial charge in [0.15, 0.2) is 0 Å². The second-order valence-electron chi connectivity index (χ2n) is 8.02. The summed E-state index contributed by atoms with van der Waals surface area (Å²) in [4.78, 5) is 11.2. The lowest BCUT2D eigenvalue weighted by Crippen LogP contribution is -2.31. The molecule has 1 unspecified atom stereocenters. The molecule has 1 atom stereocenters. The summed E-state index contributed by atoms with van der Waals surface area (Å²) in [7, 11) is -4.05. The Morgan fingerprint density at radius 1 is 1.00 bits per heavy atom. The van der Waals surface area contributed by atoms with Crippen LogP contribution >= 0.6 is 0 Å². The van der Waals surface area contributed by atoms with Gasteiger partial charge in [-0.3, -0.25) is 4.79 Å². The average Bonchev–Trinajstić information content (AvgIpc) is 2.78. The fourth-order valence-electron chi connectivity index (χ4n) is 3.76. The SMILES string of the molecule is CCCCc1ccc(CC(NS(=O)(=O)c2cccc(F)c2)c2ccccc2CC(=O)O)cc1. The largest absolute Gasteiger partial charge is 0.481 e. The van der Waals surface area contributed by atoms with E-state index in [0.29, 0.717) is 17.5 Å². The minimum atomic E-state index is -4.05. The Morgan fingerprint density at radius 2 is 1.70 bits per heavy atom. The summed E-state index contributed by atoms with van der Waals surface area (Å²) in [6.45, 7) is 2.14. The lowest BCUT2D eigenvalue weighted by molar-refractivity contribution is -0.136. The van der Waals surface area contributed by atoms with Gasteiger partial charge in [-0.2, -0.15) is 0 Å². The minimum absolute atomic E-state index is 0.182. The maximum atomic E-state index is 13.7. The number of hydrogen-bond acceptors (Lipinski definition) is 3.